The van der Waals surface area contributed by atoms with Crippen LogP contribution < -0.4 is 0 Å². The molecule has 10 heavy (non-hydrogen) atoms. The van der Waals surface area contributed by atoms with E-state index < -0.39 is 0 Å². The van der Waals surface area contributed by atoms with Crippen molar-refractivity contribution in [2.75, 3.05) is 13.2 Å². The van der Waals surface area contributed by atoms with Crippen molar-refractivity contribution in [1.29, 1.82) is 0 Å². The Kier molecular flexibility index (Phi) is 2.32. The Morgan fingerprint density at radius 1 is 1.60 bits per heavy atom. The second kappa shape index (κ2) is 2.89. The highest BCUT2D eigenvalue weighted by Crippen LogP contribution is 2.39. The van der Waals surface area contributed by atoms with Gasteiger partial charge in [0, 0.05) is 5.41 Å². The van der Waals surface area contributed by atoms with Gasteiger partial charge in [0.15, 0.2) is 0 Å². The average Bonchev–Trinajstić information content (AvgIpc) is 1.90. The molecule has 1 aliphatic rings. The maximum absolute atomic E-state index is 9.06. The van der Waals surface area contributed by atoms with Crippen LogP contribution in [0.2, 0.25) is 0 Å². The van der Waals surface area contributed by atoms with E-state index in [0.29, 0.717) is 6.10 Å². The normalized spacial score (nSPS) is 39.3. The summed E-state index contributed by atoms with van der Waals surface area (Å²) < 4.78 is 5.32. The zero-order valence-electron chi connectivity index (χ0n) is 6.76. The lowest BCUT2D eigenvalue weighted by molar-refractivity contribution is -0.206. The summed E-state index contributed by atoms with van der Waals surface area (Å²) in [6.07, 6.45) is 2.36. The van der Waals surface area contributed by atoms with Crippen molar-refractivity contribution in [2.45, 2.75) is 32.8 Å². The standard InChI is InChI=1S/C8H16O2/c1-3-7-8(4-2,5-9)6-10-7/h7,9H,3-6H2,1-2H3. The van der Waals surface area contributed by atoms with Gasteiger partial charge in [0.2, 0.25) is 0 Å². The molecular weight excluding hydrogens is 128 g/mol. The van der Waals surface area contributed by atoms with E-state index in [1.54, 1.807) is 0 Å². The van der Waals surface area contributed by atoms with Crippen LogP contribution >= 0.6 is 0 Å². The molecule has 2 atom stereocenters. The van der Waals surface area contributed by atoms with E-state index in [0.717, 1.165) is 19.4 Å². The molecule has 0 saturated carbocycles. The van der Waals surface area contributed by atoms with E-state index in [9.17, 15) is 0 Å². The number of hydrogen-bond acceptors (Lipinski definition) is 2. The van der Waals surface area contributed by atoms with Crippen LogP contribution in [0.1, 0.15) is 26.7 Å². The van der Waals surface area contributed by atoms with Crippen molar-refractivity contribution >= 4 is 0 Å². The Bertz CT molecular complexity index is 100. The molecule has 0 bridgehead atoms. The van der Waals surface area contributed by atoms with Gasteiger partial charge in [-0.1, -0.05) is 13.8 Å². The molecule has 1 aliphatic heterocycles. The predicted octanol–water partition coefficient (Wildman–Crippen LogP) is 1.18. The highest BCUT2D eigenvalue weighted by molar-refractivity contribution is 4.92. The first-order valence-electron chi connectivity index (χ1n) is 4.01. The molecule has 1 rings (SSSR count). The summed E-state index contributed by atoms with van der Waals surface area (Å²) in [5, 5.41) is 9.06. The molecule has 0 radical (unpaired) electrons. The van der Waals surface area contributed by atoms with Crippen LogP contribution in [0.5, 0.6) is 0 Å². The van der Waals surface area contributed by atoms with E-state index in [4.69, 9.17) is 9.84 Å². The van der Waals surface area contributed by atoms with Gasteiger partial charge in [-0.2, -0.15) is 0 Å². The molecule has 1 N–H and O–H groups in total. The SMILES string of the molecule is CCC1OCC1(CC)CO. The maximum atomic E-state index is 9.06. The predicted molar refractivity (Wildman–Crippen MR) is 39.8 cm³/mol. The fourth-order valence-corrected chi connectivity index (χ4v) is 1.58. The van der Waals surface area contributed by atoms with Crippen LogP contribution in [0.15, 0.2) is 0 Å². The Hall–Kier alpha value is -0.0800. The molecule has 0 aromatic carbocycles. The first kappa shape index (κ1) is 8.02. The quantitative estimate of drug-likeness (QED) is 0.644. The summed E-state index contributed by atoms with van der Waals surface area (Å²) in [6, 6.07) is 0. The summed E-state index contributed by atoms with van der Waals surface area (Å²) >= 11 is 0. The number of aliphatic hydroxyl groups excluding tert-OH is 1. The minimum atomic E-state index is 0.106. The van der Waals surface area contributed by atoms with Crippen molar-refractivity contribution in [3.05, 3.63) is 0 Å². The molecule has 2 heteroatoms. The largest absolute Gasteiger partial charge is 0.396 e. The molecule has 60 valence electrons. The molecule has 0 aromatic rings. The molecule has 0 amide bonds. The van der Waals surface area contributed by atoms with Crippen LogP contribution in [-0.4, -0.2) is 24.4 Å². The first-order valence-corrected chi connectivity index (χ1v) is 4.01. The van der Waals surface area contributed by atoms with Gasteiger partial charge in [-0.25, -0.2) is 0 Å². The Morgan fingerprint density at radius 3 is 2.40 bits per heavy atom. The highest BCUT2D eigenvalue weighted by Gasteiger charge is 2.45. The van der Waals surface area contributed by atoms with Crippen LogP contribution in [0.3, 0.4) is 0 Å². The lowest BCUT2D eigenvalue weighted by Gasteiger charge is -2.47. The third-order valence-corrected chi connectivity index (χ3v) is 2.64. The van der Waals surface area contributed by atoms with Crippen molar-refractivity contribution in [3.8, 4) is 0 Å². The number of hydrogen-bond donors (Lipinski definition) is 1. The third kappa shape index (κ3) is 0.956. The minimum Gasteiger partial charge on any atom is -0.396 e. The second-order valence-electron chi connectivity index (χ2n) is 3.08. The van der Waals surface area contributed by atoms with Crippen LogP contribution in [0, 0.1) is 5.41 Å². The van der Waals surface area contributed by atoms with Crippen molar-refractivity contribution in [2.24, 2.45) is 5.41 Å². The van der Waals surface area contributed by atoms with Gasteiger partial charge in [0.1, 0.15) is 0 Å². The van der Waals surface area contributed by atoms with E-state index in [1.165, 1.54) is 0 Å². The van der Waals surface area contributed by atoms with E-state index >= 15 is 0 Å². The molecule has 0 aromatic heterocycles. The van der Waals surface area contributed by atoms with Crippen molar-refractivity contribution in [3.63, 3.8) is 0 Å². The van der Waals surface area contributed by atoms with E-state index in [1.807, 2.05) is 0 Å². The smallest absolute Gasteiger partial charge is 0.0673 e. The van der Waals surface area contributed by atoms with Gasteiger partial charge in [0.05, 0.1) is 19.3 Å². The van der Waals surface area contributed by atoms with Crippen LogP contribution in [-0.2, 0) is 4.74 Å². The highest BCUT2D eigenvalue weighted by atomic mass is 16.5. The van der Waals surface area contributed by atoms with Gasteiger partial charge in [-0.3, -0.25) is 0 Å². The lowest BCUT2D eigenvalue weighted by Crippen LogP contribution is -2.53. The topological polar surface area (TPSA) is 29.5 Å². The Labute approximate surface area is 62.2 Å². The van der Waals surface area contributed by atoms with E-state index in [-0.39, 0.29) is 12.0 Å². The summed E-state index contributed by atoms with van der Waals surface area (Å²) in [5.41, 5.74) is 0.106. The average molecular weight is 144 g/mol. The maximum Gasteiger partial charge on any atom is 0.0673 e. The van der Waals surface area contributed by atoms with Crippen LogP contribution in [0.25, 0.3) is 0 Å². The van der Waals surface area contributed by atoms with Gasteiger partial charge >= 0.3 is 0 Å². The van der Waals surface area contributed by atoms with Crippen molar-refractivity contribution < 1.29 is 9.84 Å². The van der Waals surface area contributed by atoms with Gasteiger partial charge in [-0.05, 0) is 12.8 Å². The first-order chi connectivity index (χ1) is 4.79. The summed E-state index contributed by atoms with van der Waals surface area (Å²) in [5.74, 6) is 0. The lowest BCUT2D eigenvalue weighted by atomic mass is 9.75. The molecule has 0 aliphatic carbocycles. The molecule has 2 nitrogen and oxygen atoms in total. The molecule has 2 unspecified atom stereocenters. The third-order valence-electron chi connectivity index (χ3n) is 2.64. The molecule has 1 heterocycles. The number of aliphatic hydroxyl groups is 1. The minimum absolute atomic E-state index is 0.106. The summed E-state index contributed by atoms with van der Waals surface area (Å²) in [7, 11) is 0. The van der Waals surface area contributed by atoms with Gasteiger partial charge in [-0.15, -0.1) is 0 Å². The van der Waals surface area contributed by atoms with Gasteiger partial charge in [0.25, 0.3) is 0 Å². The fraction of sp³-hybridized carbons (Fsp3) is 1.00. The monoisotopic (exact) mass is 144 g/mol. The molecule has 0 spiro atoms. The number of rotatable bonds is 3. The Balaban J connectivity index is 2.48. The molecule has 1 saturated heterocycles. The second-order valence-corrected chi connectivity index (χ2v) is 3.08. The zero-order chi connectivity index (χ0) is 7.61. The fourth-order valence-electron chi connectivity index (χ4n) is 1.58. The van der Waals surface area contributed by atoms with Crippen LogP contribution in [0.4, 0.5) is 0 Å². The van der Waals surface area contributed by atoms with Crippen molar-refractivity contribution in [1.82, 2.24) is 0 Å². The molecular formula is C8H16O2. The van der Waals surface area contributed by atoms with Gasteiger partial charge < -0.3 is 9.84 Å². The number of ether oxygens (including phenoxy) is 1. The summed E-state index contributed by atoms with van der Waals surface area (Å²) in [4.78, 5) is 0. The Morgan fingerprint density at radius 2 is 2.30 bits per heavy atom. The molecule has 1 fully saturated rings. The van der Waals surface area contributed by atoms with E-state index in [2.05, 4.69) is 13.8 Å². The summed E-state index contributed by atoms with van der Waals surface area (Å²) in [6.45, 7) is 5.24. The zero-order valence-corrected chi connectivity index (χ0v) is 6.76.